The van der Waals surface area contributed by atoms with Crippen molar-refractivity contribution in [3.63, 3.8) is 0 Å². The van der Waals surface area contributed by atoms with Crippen molar-refractivity contribution < 1.29 is 14.6 Å². The summed E-state index contributed by atoms with van der Waals surface area (Å²) in [6.45, 7) is 0. The molecule has 0 fully saturated rings. The van der Waals surface area contributed by atoms with Crippen LogP contribution < -0.4 is 9.47 Å². The Balaban J connectivity index is 2.20. The number of ether oxygens (including phenoxy) is 2. The lowest BCUT2D eigenvalue weighted by Gasteiger charge is -2.20. The molecule has 0 aliphatic carbocycles. The molecule has 1 N–H and O–H groups in total. The molecule has 0 saturated heterocycles. The van der Waals surface area contributed by atoms with Gasteiger partial charge in [-0.2, -0.15) is 10.5 Å². The molecular weight excluding hydrogens is 304 g/mol. The average Bonchev–Trinajstić information content (AvgIpc) is 2.63. The molecule has 0 spiro atoms. The zero-order chi connectivity index (χ0) is 17.1. The summed E-state index contributed by atoms with van der Waals surface area (Å²) in [6, 6.07) is 15.8. The van der Waals surface area contributed by atoms with Gasteiger partial charge in [0.05, 0.1) is 7.11 Å². The molecule has 0 bridgehead atoms. The van der Waals surface area contributed by atoms with Crippen LogP contribution in [0.4, 0.5) is 0 Å². The molecule has 1 aliphatic rings. The van der Waals surface area contributed by atoms with E-state index in [0.29, 0.717) is 34.0 Å². The smallest absolute Gasteiger partial charge is 0.161 e. The zero-order valence-corrected chi connectivity index (χ0v) is 12.8. The van der Waals surface area contributed by atoms with E-state index < -0.39 is 0 Å². The Bertz CT molecular complexity index is 943. The summed E-state index contributed by atoms with van der Waals surface area (Å²) in [5.74, 6) is 1.34. The SMILES string of the molecule is COc1cc(C2=CC(=C(C#N)C#N)c3ccccc3O2)ccc1O. The molecule has 1 aliphatic heterocycles. The predicted octanol–water partition coefficient (Wildman–Crippen LogP) is 3.64. The summed E-state index contributed by atoms with van der Waals surface area (Å²) in [6.07, 6.45) is 1.65. The molecule has 2 aromatic carbocycles. The Morgan fingerprint density at radius 2 is 1.88 bits per heavy atom. The van der Waals surface area contributed by atoms with Crippen molar-refractivity contribution >= 4 is 11.3 Å². The third kappa shape index (κ3) is 2.55. The molecule has 3 rings (SSSR count). The second kappa shape index (κ2) is 6.20. The molecule has 24 heavy (non-hydrogen) atoms. The second-order valence-electron chi connectivity index (χ2n) is 5.01. The first-order valence-corrected chi connectivity index (χ1v) is 7.08. The topological polar surface area (TPSA) is 86.3 Å². The van der Waals surface area contributed by atoms with Crippen molar-refractivity contribution in [3.05, 3.63) is 65.2 Å². The highest BCUT2D eigenvalue weighted by Crippen LogP contribution is 2.39. The number of aromatic hydroxyl groups is 1. The van der Waals surface area contributed by atoms with E-state index in [4.69, 9.17) is 9.47 Å². The molecule has 2 aromatic rings. The number of para-hydroxylation sites is 1. The maximum Gasteiger partial charge on any atom is 0.161 e. The van der Waals surface area contributed by atoms with Crippen LogP contribution in [0.5, 0.6) is 17.2 Å². The number of allylic oxidation sites excluding steroid dienone is 3. The lowest BCUT2D eigenvalue weighted by Crippen LogP contribution is -2.05. The highest BCUT2D eigenvalue weighted by Gasteiger charge is 2.21. The molecule has 5 heteroatoms. The van der Waals surface area contributed by atoms with Gasteiger partial charge in [-0.1, -0.05) is 18.2 Å². The summed E-state index contributed by atoms with van der Waals surface area (Å²) >= 11 is 0. The predicted molar refractivity (Wildman–Crippen MR) is 87.9 cm³/mol. The van der Waals surface area contributed by atoms with Crippen molar-refractivity contribution in [1.29, 1.82) is 10.5 Å². The summed E-state index contributed by atoms with van der Waals surface area (Å²) < 4.78 is 11.0. The number of fused-ring (bicyclic) bond motifs is 1. The van der Waals surface area contributed by atoms with Crippen LogP contribution in [0.3, 0.4) is 0 Å². The summed E-state index contributed by atoms with van der Waals surface area (Å²) in [5, 5.41) is 28.2. The van der Waals surface area contributed by atoms with E-state index in [1.54, 1.807) is 30.3 Å². The Morgan fingerprint density at radius 1 is 1.12 bits per heavy atom. The molecule has 0 aromatic heterocycles. The van der Waals surface area contributed by atoms with E-state index in [9.17, 15) is 15.6 Å². The van der Waals surface area contributed by atoms with Crippen molar-refractivity contribution in [3.8, 4) is 29.4 Å². The molecule has 0 radical (unpaired) electrons. The van der Waals surface area contributed by atoms with Gasteiger partial charge in [-0.05, 0) is 30.3 Å². The van der Waals surface area contributed by atoms with E-state index in [0.717, 1.165) is 0 Å². The summed E-state index contributed by atoms with van der Waals surface area (Å²) in [5.41, 5.74) is 1.86. The van der Waals surface area contributed by atoms with Gasteiger partial charge in [0, 0.05) is 16.7 Å². The van der Waals surface area contributed by atoms with Gasteiger partial charge in [-0.25, -0.2) is 0 Å². The van der Waals surface area contributed by atoms with Gasteiger partial charge in [0.1, 0.15) is 29.2 Å². The fraction of sp³-hybridized carbons (Fsp3) is 0.0526. The normalized spacial score (nSPS) is 12.1. The minimum atomic E-state index is 0.00833. The van der Waals surface area contributed by atoms with Gasteiger partial charge >= 0.3 is 0 Å². The number of phenolic OH excluding ortho intramolecular Hbond substituents is 1. The fourth-order valence-electron chi connectivity index (χ4n) is 2.46. The summed E-state index contributed by atoms with van der Waals surface area (Å²) in [7, 11) is 1.46. The maximum atomic E-state index is 9.73. The van der Waals surface area contributed by atoms with E-state index >= 15 is 0 Å². The van der Waals surface area contributed by atoms with Crippen LogP contribution in [0.1, 0.15) is 11.1 Å². The Morgan fingerprint density at radius 3 is 2.58 bits per heavy atom. The lowest BCUT2D eigenvalue weighted by molar-refractivity contribution is 0.373. The molecular formula is C19H12N2O3. The van der Waals surface area contributed by atoms with Gasteiger partial charge in [-0.3, -0.25) is 0 Å². The van der Waals surface area contributed by atoms with E-state index in [-0.39, 0.29) is 11.3 Å². The number of nitrogens with zero attached hydrogens (tertiary/aromatic N) is 2. The average molecular weight is 316 g/mol. The third-order valence-electron chi connectivity index (χ3n) is 3.63. The third-order valence-corrected chi connectivity index (χ3v) is 3.63. The fourth-order valence-corrected chi connectivity index (χ4v) is 2.46. The van der Waals surface area contributed by atoms with Crippen LogP contribution in [-0.2, 0) is 0 Å². The quantitative estimate of drug-likeness (QED) is 0.855. The highest BCUT2D eigenvalue weighted by atomic mass is 16.5. The van der Waals surface area contributed by atoms with Crippen LogP contribution in [0, 0.1) is 22.7 Å². The Hall–Kier alpha value is -3.70. The number of benzene rings is 2. The number of phenols is 1. The number of rotatable bonds is 2. The van der Waals surface area contributed by atoms with Crippen LogP contribution in [-0.4, -0.2) is 12.2 Å². The first-order valence-electron chi connectivity index (χ1n) is 7.08. The van der Waals surface area contributed by atoms with Crippen molar-refractivity contribution in [2.75, 3.05) is 7.11 Å². The second-order valence-corrected chi connectivity index (χ2v) is 5.01. The Labute approximate surface area is 138 Å². The van der Waals surface area contributed by atoms with Gasteiger partial charge in [0.15, 0.2) is 11.5 Å². The van der Waals surface area contributed by atoms with Crippen LogP contribution in [0.15, 0.2) is 54.1 Å². The molecule has 1 heterocycles. The first kappa shape index (κ1) is 15.2. The van der Waals surface area contributed by atoms with Crippen molar-refractivity contribution in [2.24, 2.45) is 0 Å². The standard InChI is InChI=1S/C19H12N2O3/c1-23-19-8-12(6-7-16(19)22)18-9-15(13(10-20)11-21)14-4-2-3-5-17(14)24-18/h2-9,22H,1H3. The van der Waals surface area contributed by atoms with Crippen LogP contribution >= 0.6 is 0 Å². The molecule has 5 nitrogen and oxygen atoms in total. The van der Waals surface area contributed by atoms with Crippen LogP contribution in [0.25, 0.3) is 11.3 Å². The van der Waals surface area contributed by atoms with E-state index in [1.807, 2.05) is 24.3 Å². The van der Waals surface area contributed by atoms with Crippen molar-refractivity contribution in [2.45, 2.75) is 0 Å². The molecule has 116 valence electrons. The van der Waals surface area contributed by atoms with Gasteiger partial charge in [0.25, 0.3) is 0 Å². The number of nitriles is 2. The molecule has 0 saturated carbocycles. The van der Waals surface area contributed by atoms with E-state index in [1.165, 1.54) is 13.2 Å². The zero-order valence-electron chi connectivity index (χ0n) is 12.8. The lowest BCUT2D eigenvalue weighted by atomic mass is 9.96. The Kier molecular flexibility index (Phi) is 3.93. The van der Waals surface area contributed by atoms with Crippen LogP contribution in [0.2, 0.25) is 0 Å². The van der Waals surface area contributed by atoms with Gasteiger partial charge < -0.3 is 14.6 Å². The van der Waals surface area contributed by atoms with Gasteiger partial charge in [-0.15, -0.1) is 0 Å². The highest BCUT2D eigenvalue weighted by molar-refractivity contribution is 5.92. The first-order chi connectivity index (χ1) is 11.7. The minimum absolute atomic E-state index is 0.00833. The molecule has 0 atom stereocenters. The number of hydrogen-bond acceptors (Lipinski definition) is 5. The number of methoxy groups -OCH3 is 1. The molecule has 0 unspecified atom stereocenters. The van der Waals surface area contributed by atoms with Crippen molar-refractivity contribution in [1.82, 2.24) is 0 Å². The molecule has 0 amide bonds. The van der Waals surface area contributed by atoms with E-state index in [2.05, 4.69) is 0 Å². The maximum absolute atomic E-state index is 9.73. The van der Waals surface area contributed by atoms with Gasteiger partial charge in [0.2, 0.25) is 0 Å². The summed E-state index contributed by atoms with van der Waals surface area (Å²) in [4.78, 5) is 0. The monoisotopic (exact) mass is 316 g/mol. The largest absolute Gasteiger partial charge is 0.504 e. The minimum Gasteiger partial charge on any atom is -0.504 e. The number of hydrogen-bond donors (Lipinski definition) is 1.